The number of nitrogens with zero attached hydrogens (tertiary/aromatic N) is 1. The molecular weight excluding hydrogens is 241 g/mol. The molecule has 0 bridgehead atoms. The average molecular weight is 259 g/mol. The Balaban J connectivity index is 2.05. The van der Waals surface area contributed by atoms with Gasteiger partial charge >= 0.3 is 0 Å². The van der Waals surface area contributed by atoms with E-state index in [4.69, 9.17) is 5.73 Å². The van der Waals surface area contributed by atoms with E-state index in [9.17, 15) is 4.39 Å². The molecule has 19 heavy (non-hydrogen) atoms. The Morgan fingerprint density at radius 1 is 1.21 bits per heavy atom. The van der Waals surface area contributed by atoms with E-state index < -0.39 is 0 Å². The molecule has 0 aliphatic heterocycles. The van der Waals surface area contributed by atoms with Crippen molar-refractivity contribution in [3.8, 4) is 0 Å². The lowest BCUT2D eigenvalue weighted by Crippen LogP contribution is -2.30. The fourth-order valence-corrected chi connectivity index (χ4v) is 2.07. The van der Waals surface area contributed by atoms with Crippen molar-refractivity contribution < 1.29 is 4.39 Å². The minimum absolute atomic E-state index is 0.207. The van der Waals surface area contributed by atoms with Crippen LogP contribution in [0.4, 0.5) is 10.2 Å². The maximum atomic E-state index is 12.9. The van der Waals surface area contributed by atoms with Crippen LogP contribution < -0.4 is 11.1 Å². The summed E-state index contributed by atoms with van der Waals surface area (Å²) in [5.74, 6) is 0.364. The smallest absolute Gasteiger partial charge is 0.126 e. The summed E-state index contributed by atoms with van der Waals surface area (Å²) in [4.78, 5) is 4.09. The minimum atomic E-state index is -0.207. The molecule has 2 rings (SSSR count). The van der Waals surface area contributed by atoms with Gasteiger partial charge in [-0.25, -0.2) is 9.37 Å². The number of halogens is 1. The number of anilines is 1. The van der Waals surface area contributed by atoms with Crippen molar-refractivity contribution in [3.63, 3.8) is 0 Å². The van der Waals surface area contributed by atoms with E-state index in [-0.39, 0.29) is 11.9 Å². The molecule has 0 fully saturated rings. The number of hydrogen-bond donors (Lipinski definition) is 2. The highest BCUT2D eigenvalue weighted by molar-refractivity contribution is 5.39. The van der Waals surface area contributed by atoms with Crippen LogP contribution in [0.3, 0.4) is 0 Å². The summed E-state index contributed by atoms with van der Waals surface area (Å²) in [6.45, 7) is 0. The van der Waals surface area contributed by atoms with E-state index in [1.807, 2.05) is 31.3 Å². The number of nitrogens with two attached hydrogens (primary N) is 1. The van der Waals surface area contributed by atoms with Crippen molar-refractivity contribution in [3.05, 3.63) is 59.5 Å². The van der Waals surface area contributed by atoms with Crippen LogP contribution in [0.15, 0.2) is 42.6 Å². The maximum Gasteiger partial charge on any atom is 0.126 e. The Kier molecular flexibility index (Phi) is 4.47. The van der Waals surface area contributed by atoms with Crippen LogP contribution in [0.5, 0.6) is 0 Å². The minimum Gasteiger partial charge on any atom is -0.383 e. The number of hydrogen-bond acceptors (Lipinski definition) is 3. The lowest BCUT2D eigenvalue weighted by Gasteiger charge is -2.17. The van der Waals surface area contributed by atoms with E-state index in [0.29, 0.717) is 5.82 Å². The highest BCUT2D eigenvalue weighted by atomic mass is 19.1. The van der Waals surface area contributed by atoms with Gasteiger partial charge in [-0.15, -0.1) is 0 Å². The van der Waals surface area contributed by atoms with Gasteiger partial charge in [-0.2, -0.15) is 0 Å². The average Bonchev–Trinajstić information content (AvgIpc) is 2.43. The largest absolute Gasteiger partial charge is 0.383 e. The maximum absolute atomic E-state index is 12.9. The third kappa shape index (κ3) is 3.76. The van der Waals surface area contributed by atoms with Gasteiger partial charge in [0.1, 0.15) is 11.6 Å². The van der Waals surface area contributed by atoms with Crippen molar-refractivity contribution in [2.75, 3.05) is 12.8 Å². The fraction of sp³-hybridized carbons (Fsp3) is 0.267. The van der Waals surface area contributed by atoms with E-state index >= 15 is 0 Å². The predicted octanol–water partition coefficient (Wildman–Crippen LogP) is 2.18. The van der Waals surface area contributed by atoms with Crippen molar-refractivity contribution in [2.45, 2.75) is 18.9 Å². The van der Waals surface area contributed by atoms with Crippen LogP contribution in [0.1, 0.15) is 11.1 Å². The number of pyridine rings is 1. The molecule has 0 amide bonds. The first kappa shape index (κ1) is 13.5. The molecule has 1 atom stereocenters. The van der Waals surface area contributed by atoms with Crippen molar-refractivity contribution >= 4 is 5.82 Å². The zero-order valence-corrected chi connectivity index (χ0v) is 10.9. The summed E-state index contributed by atoms with van der Waals surface area (Å²) >= 11 is 0. The lowest BCUT2D eigenvalue weighted by molar-refractivity contribution is 0.555. The fourth-order valence-electron chi connectivity index (χ4n) is 2.07. The van der Waals surface area contributed by atoms with E-state index in [1.54, 1.807) is 6.20 Å². The van der Waals surface area contributed by atoms with Gasteiger partial charge in [0, 0.05) is 12.2 Å². The van der Waals surface area contributed by atoms with Gasteiger partial charge in [0.25, 0.3) is 0 Å². The molecule has 4 heteroatoms. The molecule has 1 aromatic heterocycles. The summed E-state index contributed by atoms with van der Waals surface area (Å²) in [7, 11) is 1.92. The van der Waals surface area contributed by atoms with E-state index in [0.717, 1.165) is 24.0 Å². The van der Waals surface area contributed by atoms with Gasteiger partial charge in [-0.3, -0.25) is 0 Å². The summed E-state index contributed by atoms with van der Waals surface area (Å²) in [5.41, 5.74) is 7.98. The molecule has 100 valence electrons. The van der Waals surface area contributed by atoms with Crippen LogP contribution in [0.25, 0.3) is 0 Å². The quantitative estimate of drug-likeness (QED) is 0.865. The third-order valence-electron chi connectivity index (χ3n) is 3.20. The molecule has 1 unspecified atom stereocenters. The van der Waals surface area contributed by atoms with Crippen molar-refractivity contribution in [2.24, 2.45) is 0 Å². The Hall–Kier alpha value is -1.94. The van der Waals surface area contributed by atoms with Crippen LogP contribution in [-0.4, -0.2) is 18.1 Å². The molecule has 0 saturated heterocycles. The van der Waals surface area contributed by atoms with Gasteiger partial charge in [0.2, 0.25) is 0 Å². The van der Waals surface area contributed by atoms with Gasteiger partial charge in [-0.05, 0) is 49.2 Å². The van der Waals surface area contributed by atoms with Crippen LogP contribution in [0.2, 0.25) is 0 Å². The number of nitrogen functional groups attached to an aromatic ring is 1. The molecule has 1 aromatic carbocycles. The van der Waals surface area contributed by atoms with E-state index in [1.165, 1.54) is 12.1 Å². The monoisotopic (exact) mass is 259 g/mol. The summed E-state index contributed by atoms with van der Waals surface area (Å²) in [6.07, 6.45) is 3.31. The zero-order valence-electron chi connectivity index (χ0n) is 10.9. The van der Waals surface area contributed by atoms with Gasteiger partial charge in [0.15, 0.2) is 0 Å². The molecular formula is C15H18FN3. The Labute approximate surface area is 112 Å². The molecule has 0 radical (unpaired) electrons. The Morgan fingerprint density at radius 3 is 2.58 bits per heavy atom. The summed E-state index contributed by atoms with van der Waals surface area (Å²) in [5, 5.41) is 3.26. The van der Waals surface area contributed by atoms with Crippen molar-refractivity contribution in [1.29, 1.82) is 0 Å². The SMILES string of the molecule is CNC(Cc1ccc(F)cc1)Cc1cccnc1N. The molecule has 3 N–H and O–H groups in total. The first-order valence-electron chi connectivity index (χ1n) is 6.30. The molecule has 3 nitrogen and oxygen atoms in total. The molecule has 0 saturated carbocycles. The van der Waals surface area contributed by atoms with Crippen molar-refractivity contribution in [1.82, 2.24) is 10.3 Å². The Bertz CT molecular complexity index is 525. The molecule has 0 spiro atoms. The summed E-state index contributed by atoms with van der Waals surface area (Å²) < 4.78 is 12.9. The first-order chi connectivity index (χ1) is 9.19. The topological polar surface area (TPSA) is 50.9 Å². The number of aromatic nitrogens is 1. The summed E-state index contributed by atoms with van der Waals surface area (Å²) in [6, 6.07) is 10.7. The highest BCUT2D eigenvalue weighted by Gasteiger charge is 2.10. The van der Waals surface area contributed by atoms with Gasteiger partial charge in [0.05, 0.1) is 0 Å². The second-order valence-electron chi connectivity index (χ2n) is 4.57. The molecule has 1 heterocycles. The second kappa shape index (κ2) is 6.29. The van der Waals surface area contributed by atoms with E-state index in [2.05, 4.69) is 10.3 Å². The lowest BCUT2D eigenvalue weighted by atomic mass is 9.99. The number of benzene rings is 1. The standard InChI is InChI=1S/C15H18FN3/c1-18-14(9-11-4-6-13(16)7-5-11)10-12-3-2-8-19-15(12)17/h2-8,14,18H,9-10H2,1H3,(H2,17,19). The second-order valence-corrected chi connectivity index (χ2v) is 4.57. The normalized spacial score (nSPS) is 12.3. The third-order valence-corrected chi connectivity index (χ3v) is 3.20. The predicted molar refractivity (Wildman–Crippen MR) is 75.3 cm³/mol. The van der Waals surface area contributed by atoms with Gasteiger partial charge < -0.3 is 11.1 Å². The van der Waals surface area contributed by atoms with Crippen LogP contribution >= 0.6 is 0 Å². The number of likely N-dealkylation sites (N-methyl/N-ethyl adjacent to an activating group) is 1. The molecule has 0 aliphatic rings. The highest BCUT2D eigenvalue weighted by Crippen LogP contribution is 2.13. The van der Waals surface area contributed by atoms with Crippen LogP contribution in [-0.2, 0) is 12.8 Å². The molecule has 0 aliphatic carbocycles. The molecule has 2 aromatic rings. The zero-order chi connectivity index (χ0) is 13.7. The first-order valence-corrected chi connectivity index (χ1v) is 6.30. The van der Waals surface area contributed by atoms with Gasteiger partial charge in [-0.1, -0.05) is 18.2 Å². The number of nitrogens with one attached hydrogen (secondary N) is 1. The number of rotatable bonds is 5. The Morgan fingerprint density at radius 2 is 1.95 bits per heavy atom. The van der Waals surface area contributed by atoms with Crippen LogP contribution in [0, 0.1) is 5.82 Å².